The van der Waals surface area contributed by atoms with Crippen LogP contribution in [-0.2, 0) is 0 Å². The molecule has 4 rings (SSSR count). The van der Waals surface area contributed by atoms with Gasteiger partial charge in [-0.05, 0) is 43.2 Å². The largest absolute Gasteiger partial charge is 0.497 e. The molecule has 28 heavy (non-hydrogen) atoms. The highest BCUT2D eigenvalue weighted by Gasteiger charge is 2.27. The van der Waals surface area contributed by atoms with Crippen molar-refractivity contribution in [1.82, 2.24) is 9.88 Å². The molecular weight excluding hydrogens is 396 g/mol. The second-order valence-corrected chi connectivity index (χ2v) is 8.33. The average Bonchev–Trinajstić information content (AvgIpc) is 3.16. The van der Waals surface area contributed by atoms with E-state index in [1.807, 2.05) is 23.1 Å². The molecular formula is C21H21ClN2O3S. The molecule has 1 amide bonds. The lowest BCUT2D eigenvalue weighted by molar-refractivity contribution is 0.0712. The van der Waals surface area contributed by atoms with Crippen LogP contribution in [0.3, 0.4) is 0 Å². The van der Waals surface area contributed by atoms with Crippen LogP contribution in [0.15, 0.2) is 36.4 Å². The molecule has 0 unspecified atom stereocenters. The lowest BCUT2D eigenvalue weighted by Gasteiger charge is -2.31. The molecule has 2 aromatic carbocycles. The van der Waals surface area contributed by atoms with Gasteiger partial charge in [-0.25, -0.2) is 4.98 Å². The number of halogens is 1. The SMILES string of the molecule is COc1cc(OC)cc(C(=O)N2CCC(c3nc4cc(Cl)ccc4s3)CC2)c1. The third-order valence-electron chi connectivity index (χ3n) is 5.10. The normalized spacial score (nSPS) is 15.0. The quantitative estimate of drug-likeness (QED) is 0.601. The first kappa shape index (κ1) is 19.0. The molecule has 1 fully saturated rings. The van der Waals surface area contributed by atoms with E-state index in [1.54, 1.807) is 43.8 Å². The van der Waals surface area contributed by atoms with Gasteiger partial charge < -0.3 is 14.4 Å². The number of methoxy groups -OCH3 is 2. The van der Waals surface area contributed by atoms with Gasteiger partial charge in [-0.1, -0.05) is 11.6 Å². The van der Waals surface area contributed by atoms with Crippen molar-refractivity contribution in [3.8, 4) is 11.5 Å². The average molecular weight is 417 g/mol. The van der Waals surface area contributed by atoms with Gasteiger partial charge in [-0.3, -0.25) is 4.79 Å². The minimum atomic E-state index is 0.00623. The summed E-state index contributed by atoms with van der Waals surface area (Å²) in [7, 11) is 3.17. The summed E-state index contributed by atoms with van der Waals surface area (Å²) in [4.78, 5) is 19.6. The van der Waals surface area contributed by atoms with Gasteiger partial charge in [0.15, 0.2) is 0 Å². The zero-order valence-corrected chi connectivity index (χ0v) is 17.3. The summed E-state index contributed by atoms with van der Waals surface area (Å²) in [6, 6.07) is 11.1. The molecule has 7 heteroatoms. The van der Waals surface area contributed by atoms with Crippen LogP contribution in [0.4, 0.5) is 0 Å². The van der Waals surface area contributed by atoms with E-state index < -0.39 is 0 Å². The van der Waals surface area contributed by atoms with Crippen LogP contribution in [0.2, 0.25) is 5.02 Å². The fourth-order valence-electron chi connectivity index (χ4n) is 3.54. The molecule has 0 aliphatic carbocycles. The Morgan fingerprint density at radius 2 is 1.79 bits per heavy atom. The highest BCUT2D eigenvalue weighted by molar-refractivity contribution is 7.18. The predicted molar refractivity (Wildman–Crippen MR) is 112 cm³/mol. The van der Waals surface area contributed by atoms with Gasteiger partial charge in [0.05, 0.1) is 29.4 Å². The summed E-state index contributed by atoms with van der Waals surface area (Å²) >= 11 is 7.79. The van der Waals surface area contributed by atoms with Crippen LogP contribution in [0.5, 0.6) is 11.5 Å². The fraction of sp³-hybridized carbons (Fsp3) is 0.333. The fourth-order valence-corrected chi connectivity index (χ4v) is 4.82. The number of nitrogens with zero attached hydrogens (tertiary/aromatic N) is 2. The zero-order chi connectivity index (χ0) is 19.7. The molecule has 1 aliphatic heterocycles. The molecule has 0 radical (unpaired) electrons. The molecule has 1 saturated heterocycles. The van der Waals surface area contributed by atoms with Crippen molar-refractivity contribution < 1.29 is 14.3 Å². The number of likely N-dealkylation sites (tertiary alicyclic amines) is 1. The first-order valence-corrected chi connectivity index (χ1v) is 10.3. The molecule has 0 bridgehead atoms. The molecule has 0 atom stereocenters. The smallest absolute Gasteiger partial charge is 0.254 e. The van der Waals surface area contributed by atoms with Crippen molar-refractivity contribution >= 4 is 39.1 Å². The molecule has 2 heterocycles. The number of ether oxygens (including phenoxy) is 2. The lowest BCUT2D eigenvalue weighted by atomic mass is 9.97. The topological polar surface area (TPSA) is 51.7 Å². The number of hydrogen-bond donors (Lipinski definition) is 0. The van der Waals surface area contributed by atoms with Crippen LogP contribution in [0.1, 0.15) is 34.1 Å². The van der Waals surface area contributed by atoms with Crippen LogP contribution in [0, 0.1) is 0 Å². The van der Waals surface area contributed by atoms with Crippen molar-refractivity contribution in [3.63, 3.8) is 0 Å². The summed E-state index contributed by atoms with van der Waals surface area (Å²) in [5.74, 6) is 1.61. The number of piperidine rings is 1. The highest BCUT2D eigenvalue weighted by Crippen LogP contribution is 2.35. The monoisotopic (exact) mass is 416 g/mol. The minimum Gasteiger partial charge on any atom is -0.497 e. The van der Waals surface area contributed by atoms with Gasteiger partial charge in [-0.15, -0.1) is 11.3 Å². The summed E-state index contributed by atoms with van der Waals surface area (Å²) in [6.45, 7) is 1.42. The number of benzene rings is 2. The third kappa shape index (κ3) is 3.80. The van der Waals surface area contributed by atoms with Gasteiger partial charge in [0.25, 0.3) is 5.91 Å². The van der Waals surface area contributed by atoms with Crippen LogP contribution in [-0.4, -0.2) is 43.1 Å². The Hall–Kier alpha value is -2.31. The van der Waals surface area contributed by atoms with E-state index in [4.69, 9.17) is 26.1 Å². The highest BCUT2D eigenvalue weighted by atomic mass is 35.5. The van der Waals surface area contributed by atoms with Gasteiger partial charge in [0.2, 0.25) is 0 Å². The summed E-state index contributed by atoms with van der Waals surface area (Å²) in [5.41, 5.74) is 1.54. The Labute approximate surface area is 172 Å². The second-order valence-electron chi connectivity index (χ2n) is 6.83. The predicted octanol–water partition coefficient (Wildman–Crippen LogP) is 4.99. The lowest BCUT2D eigenvalue weighted by Crippen LogP contribution is -2.37. The summed E-state index contributed by atoms with van der Waals surface area (Å²) in [6.07, 6.45) is 1.81. The Morgan fingerprint density at radius 1 is 1.11 bits per heavy atom. The first-order chi connectivity index (χ1) is 13.6. The molecule has 0 N–H and O–H groups in total. The molecule has 1 aromatic heterocycles. The van der Waals surface area contributed by atoms with Crippen molar-refractivity contribution in [2.24, 2.45) is 0 Å². The van der Waals surface area contributed by atoms with Crippen molar-refractivity contribution in [1.29, 1.82) is 0 Å². The molecule has 1 aliphatic rings. The maximum absolute atomic E-state index is 12.9. The van der Waals surface area contributed by atoms with Crippen molar-refractivity contribution in [3.05, 3.63) is 52.0 Å². The molecule has 146 valence electrons. The minimum absolute atomic E-state index is 0.00623. The number of carbonyl (C=O) groups excluding carboxylic acids is 1. The Bertz CT molecular complexity index is 990. The summed E-state index contributed by atoms with van der Waals surface area (Å²) in [5, 5.41) is 1.84. The van der Waals surface area contributed by atoms with Gasteiger partial charge in [-0.2, -0.15) is 0 Å². The summed E-state index contributed by atoms with van der Waals surface area (Å²) < 4.78 is 11.7. The zero-order valence-electron chi connectivity index (χ0n) is 15.8. The number of fused-ring (bicyclic) bond motifs is 1. The maximum Gasteiger partial charge on any atom is 0.254 e. The molecule has 3 aromatic rings. The van der Waals surface area contributed by atoms with E-state index in [2.05, 4.69) is 0 Å². The van der Waals surface area contributed by atoms with Crippen LogP contribution in [0.25, 0.3) is 10.2 Å². The Morgan fingerprint density at radius 3 is 2.43 bits per heavy atom. The number of thiazole rings is 1. The maximum atomic E-state index is 12.9. The van der Waals surface area contributed by atoms with E-state index in [1.165, 1.54) is 0 Å². The second kappa shape index (κ2) is 7.97. The first-order valence-electron chi connectivity index (χ1n) is 9.15. The number of hydrogen-bond acceptors (Lipinski definition) is 5. The van der Waals surface area contributed by atoms with E-state index >= 15 is 0 Å². The number of amides is 1. The Balaban J connectivity index is 1.46. The molecule has 5 nitrogen and oxygen atoms in total. The van der Waals surface area contributed by atoms with Gasteiger partial charge in [0, 0.05) is 35.7 Å². The van der Waals surface area contributed by atoms with Gasteiger partial charge in [0.1, 0.15) is 11.5 Å². The number of aromatic nitrogens is 1. The molecule has 0 saturated carbocycles. The van der Waals surface area contributed by atoms with Crippen molar-refractivity contribution in [2.75, 3.05) is 27.3 Å². The standard InChI is InChI=1S/C21H21ClN2O3S/c1-26-16-9-14(10-17(12-16)27-2)21(25)24-7-5-13(6-8-24)20-23-18-11-15(22)3-4-19(18)28-20/h3-4,9-13H,5-8H2,1-2H3. The van der Waals surface area contributed by atoms with Crippen LogP contribution >= 0.6 is 22.9 Å². The van der Waals surface area contributed by atoms with Gasteiger partial charge >= 0.3 is 0 Å². The van der Waals surface area contributed by atoms with E-state index in [-0.39, 0.29) is 5.91 Å². The van der Waals surface area contributed by atoms with E-state index in [0.717, 1.165) is 28.1 Å². The van der Waals surface area contributed by atoms with Crippen LogP contribution < -0.4 is 9.47 Å². The number of rotatable bonds is 4. The van der Waals surface area contributed by atoms with E-state index in [9.17, 15) is 4.79 Å². The van der Waals surface area contributed by atoms with Crippen molar-refractivity contribution in [2.45, 2.75) is 18.8 Å². The third-order valence-corrected chi connectivity index (χ3v) is 6.53. The molecule has 0 spiro atoms. The number of carbonyl (C=O) groups is 1. The van der Waals surface area contributed by atoms with E-state index in [0.29, 0.717) is 41.1 Å². The Kier molecular flexibility index (Phi) is 5.42.